The Bertz CT molecular complexity index is 1160. The molecular formula is C25H28N4O6. The van der Waals surface area contributed by atoms with E-state index in [-0.39, 0.29) is 24.8 Å². The molecule has 2 saturated heterocycles. The molecule has 10 heteroatoms. The van der Waals surface area contributed by atoms with E-state index in [0.29, 0.717) is 56.0 Å². The van der Waals surface area contributed by atoms with Crippen molar-refractivity contribution in [3.63, 3.8) is 0 Å². The van der Waals surface area contributed by atoms with Gasteiger partial charge in [-0.05, 0) is 24.1 Å². The van der Waals surface area contributed by atoms with Crippen molar-refractivity contribution in [2.75, 3.05) is 31.6 Å². The Balaban J connectivity index is 1.35. The minimum atomic E-state index is -2.14. The monoisotopic (exact) mass is 480 g/mol. The number of hydrogen-bond donors (Lipinski definition) is 4. The topological polar surface area (TPSA) is 131 Å². The number of imide groups is 1. The van der Waals surface area contributed by atoms with Crippen LogP contribution in [0.4, 0.5) is 5.69 Å². The second-order valence-electron chi connectivity index (χ2n) is 8.98. The highest BCUT2D eigenvalue weighted by atomic mass is 16.5. The average molecular weight is 481 g/mol. The van der Waals surface area contributed by atoms with E-state index in [2.05, 4.69) is 10.6 Å². The van der Waals surface area contributed by atoms with Gasteiger partial charge in [-0.2, -0.15) is 0 Å². The minimum absolute atomic E-state index is 0.200. The van der Waals surface area contributed by atoms with Crippen LogP contribution in [0.2, 0.25) is 0 Å². The number of piperidine rings is 1. The Morgan fingerprint density at radius 2 is 1.83 bits per heavy atom. The SMILES string of the molecule is O=C1CCC(N2Cc3c(NCc4ccccc4C(O)(O)N4CCOCC4)cccc3C2=O)C(=O)N1. The summed E-state index contributed by atoms with van der Waals surface area (Å²) in [5.41, 5.74) is 3.09. The van der Waals surface area contributed by atoms with Crippen molar-refractivity contribution in [2.24, 2.45) is 0 Å². The zero-order valence-corrected chi connectivity index (χ0v) is 19.2. The first-order valence-electron chi connectivity index (χ1n) is 11.7. The van der Waals surface area contributed by atoms with Gasteiger partial charge in [0.05, 0.1) is 13.2 Å². The maximum absolute atomic E-state index is 13.1. The normalized spacial score (nSPS) is 21.1. The number of aliphatic hydroxyl groups is 2. The van der Waals surface area contributed by atoms with Crippen LogP contribution in [0.3, 0.4) is 0 Å². The van der Waals surface area contributed by atoms with Crippen molar-refractivity contribution < 1.29 is 29.3 Å². The number of rotatable bonds is 6. The summed E-state index contributed by atoms with van der Waals surface area (Å²) < 4.78 is 5.33. The highest BCUT2D eigenvalue weighted by Gasteiger charge is 2.40. The summed E-state index contributed by atoms with van der Waals surface area (Å²) in [5.74, 6) is -3.15. The van der Waals surface area contributed by atoms with Gasteiger partial charge in [-0.1, -0.05) is 30.3 Å². The molecule has 10 nitrogen and oxygen atoms in total. The van der Waals surface area contributed by atoms with Crippen molar-refractivity contribution in [3.8, 4) is 0 Å². The number of nitrogens with zero attached hydrogens (tertiary/aromatic N) is 2. The zero-order valence-electron chi connectivity index (χ0n) is 19.2. The Morgan fingerprint density at radius 3 is 2.60 bits per heavy atom. The quantitative estimate of drug-likeness (QED) is 0.347. The van der Waals surface area contributed by atoms with Gasteiger partial charge in [-0.15, -0.1) is 0 Å². The summed E-state index contributed by atoms with van der Waals surface area (Å²) in [6.07, 6.45) is 0.503. The molecule has 0 aliphatic carbocycles. The van der Waals surface area contributed by atoms with Crippen LogP contribution in [0.1, 0.15) is 39.9 Å². The van der Waals surface area contributed by atoms with Gasteiger partial charge in [-0.3, -0.25) is 19.7 Å². The Labute approximate surface area is 202 Å². The van der Waals surface area contributed by atoms with E-state index in [1.165, 1.54) is 4.90 Å². The van der Waals surface area contributed by atoms with Crippen LogP contribution >= 0.6 is 0 Å². The van der Waals surface area contributed by atoms with Crippen molar-refractivity contribution in [1.82, 2.24) is 15.1 Å². The van der Waals surface area contributed by atoms with E-state index in [0.717, 1.165) is 11.3 Å². The summed E-state index contributed by atoms with van der Waals surface area (Å²) in [4.78, 5) is 40.0. The molecule has 184 valence electrons. The van der Waals surface area contributed by atoms with Gasteiger partial charge in [0.2, 0.25) is 11.8 Å². The molecule has 3 amide bonds. The van der Waals surface area contributed by atoms with Crippen LogP contribution in [-0.4, -0.2) is 70.1 Å². The third-order valence-electron chi connectivity index (χ3n) is 6.88. The first-order valence-corrected chi connectivity index (χ1v) is 11.7. The third kappa shape index (κ3) is 4.41. The molecule has 3 heterocycles. The lowest BCUT2D eigenvalue weighted by molar-refractivity contribution is -0.287. The van der Waals surface area contributed by atoms with Crippen molar-refractivity contribution >= 4 is 23.4 Å². The van der Waals surface area contributed by atoms with E-state index in [4.69, 9.17) is 4.74 Å². The van der Waals surface area contributed by atoms with Crippen LogP contribution in [0.5, 0.6) is 0 Å². The van der Waals surface area contributed by atoms with E-state index >= 15 is 0 Å². The molecule has 0 saturated carbocycles. The maximum atomic E-state index is 13.1. The highest BCUT2D eigenvalue weighted by Crippen LogP contribution is 2.33. The molecule has 2 aromatic carbocycles. The van der Waals surface area contributed by atoms with Crippen LogP contribution < -0.4 is 10.6 Å². The predicted molar refractivity (Wildman–Crippen MR) is 125 cm³/mol. The lowest BCUT2D eigenvalue weighted by Crippen LogP contribution is -2.52. The number of morpholine rings is 1. The van der Waals surface area contributed by atoms with E-state index < -0.39 is 17.9 Å². The number of anilines is 1. The summed E-state index contributed by atoms with van der Waals surface area (Å²) in [7, 11) is 0. The third-order valence-corrected chi connectivity index (χ3v) is 6.88. The number of carbonyl (C=O) groups excluding carboxylic acids is 3. The highest BCUT2D eigenvalue weighted by molar-refractivity contribution is 6.06. The van der Waals surface area contributed by atoms with Crippen LogP contribution in [-0.2, 0) is 33.3 Å². The second-order valence-corrected chi connectivity index (χ2v) is 8.98. The maximum Gasteiger partial charge on any atom is 0.255 e. The summed E-state index contributed by atoms with van der Waals surface area (Å²) >= 11 is 0. The van der Waals surface area contributed by atoms with Gasteiger partial charge in [0.25, 0.3) is 11.8 Å². The molecular weight excluding hydrogens is 452 g/mol. The zero-order chi connectivity index (χ0) is 24.6. The van der Waals surface area contributed by atoms with Gasteiger partial charge in [0.1, 0.15) is 6.04 Å². The van der Waals surface area contributed by atoms with Gasteiger partial charge in [0, 0.05) is 55.0 Å². The molecule has 35 heavy (non-hydrogen) atoms. The molecule has 5 rings (SSSR count). The summed E-state index contributed by atoms with van der Waals surface area (Å²) in [6.45, 7) is 2.21. The van der Waals surface area contributed by atoms with Gasteiger partial charge in [0.15, 0.2) is 0 Å². The van der Waals surface area contributed by atoms with Crippen molar-refractivity contribution in [1.29, 1.82) is 0 Å². The fraction of sp³-hybridized carbons (Fsp3) is 0.400. The van der Waals surface area contributed by atoms with E-state index in [1.807, 2.05) is 18.2 Å². The Hall–Kier alpha value is -3.31. The summed E-state index contributed by atoms with van der Waals surface area (Å²) in [5, 5.41) is 27.6. The number of fused-ring (bicyclic) bond motifs is 1. The molecule has 1 atom stereocenters. The fourth-order valence-electron chi connectivity index (χ4n) is 4.99. The first-order chi connectivity index (χ1) is 16.9. The minimum Gasteiger partial charge on any atom is -0.381 e. The molecule has 0 aromatic heterocycles. The van der Waals surface area contributed by atoms with Crippen LogP contribution in [0, 0.1) is 0 Å². The van der Waals surface area contributed by atoms with Gasteiger partial charge >= 0.3 is 0 Å². The number of benzene rings is 2. The second kappa shape index (κ2) is 9.38. The number of hydrogen-bond acceptors (Lipinski definition) is 8. The Morgan fingerprint density at radius 1 is 1.06 bits per heavy atom. The molecule has 3 aliphatic heterocycles. The van der Waals surface area contributed by atoms with E-state index in [9.17, 15) is 24.6 Å². The molecule has 0 radical (unpaired) electrons. The lowest BCUT2D eigenvalue weighted by Gasteiger charge is -2.38. The van der Waals surface area contributed by atoms with Gasteiger partial charge in [-0.25, -0.2) is 4.90 Å². The molecule has 0 spiro atoms. The largest absolute Gasteiger partial charge is 0.381 e. The smallest absolute Gasteiger partial charge is 0.255 e. The van der Waals surface area contributed by atoms with Crippen molar-refractivity contribution in [2.45, 2.75) is 37.9 Å². The number of amides is 3. The van der Waals surface area contributed by atoms with Crippen LogP contribution in [0.15, 0.2) is 42.5 Å². The molecule has 3 aliphatic rings. The fourth-order valence-corrected chi connectivity index (χ4v) is 4.99. The number of carbonyl (C=O) groups is 3. The van der Waals surface area contributed by atoms with Gasteiger partial charge < -0.3 is 25.2 Å². The average Bonchev–Trinajstić information content (AvgIpc) is 3.20. The molecule has 0 bridgehead atoms. The first kappa shape index (κ1) is 23.4. The number of nitrogens with one attached hydrogen (secondary N) is 2. The number of ether oxygens (including phenoxy) is 1. The Kier molecular flexibility index (Phi) is 6.28. The van der Waals surface area contributed by atoms with Crippen molar-refractivity contribution in [3.05, 3.63) is 64.7 Å². The molecule has 2 aromatic rings. The summed E-state index contributed by atoms with van der Waals surface area (Å²) in [6, 6.07) is 11.8. The molecule has 4 N–H and O–H groups in total. The molecule has 1 unspecified atom stereocenters. The molecule has 2 fully saturated rings. The van der Waals surface area contributed by atoms with Crippen LogP contribution in [0.25, 0.3) is 0 Å². The van der Waals surface area contributed by atoms with E-state index in [1.54, 1.807) is 29.2 Å². The lowest BCUT2D eigenvalue weighted by atomic mass is 10.0. The predicted octanol–water partition coefficient (Wildman–Crippen LogP) is 0.487. The standard InChI is InChI=1S/C25H28N4O6/c30-22-9-8-21(23(31)27-22)29-15-18-17(24(29)32)5-3-7-20(18)26-14-16-4-1-2-6-19(16)25(33,34)28-10-12-35-13-11-28/h1-7,21,26,33-34H,8-15H2,(H,27,30,31).